The zero-order chi connectivity index (χ0) is 16.5. The lowest BCUT2D eigenvalue weighted by molar-refractivity contribution is 0.405. The Bertz CT molecular complexity index is 581. The van der Waals surface area contributed by atoms with Crippen LogP contribution in [0.1, 0.15) is 25.0 Å². The molecule has 0 aromatic heterocycles. The second-order valence-electron chi connectivity index (χ2n) is 6.22. The van der Waals surface area contributed by atoms with Crippen molar-refractivity contribution in [3.05, 3.63) is 71.8 Å². The molecule has 0 fully saturated rings. The molecule has 0 aliphatic heterocycles. The van der Waals surface area contributed by atoms with Crippen LogP contribution in [0.3, 0.4) is 0 Å². The summed E-state index contributed by atoms with van der Waals surface area (Å²) in [7, 11) is 0. The van der Waals surface area contributed by atoms with Crippen LogP contribution in [0.25, 0.3) is 0 Å². The lowest BCUT2D eigenvalue weighted by atomic mass is 10.1. The van der Waals surface area contributed by atoms with Gasteiger partial charge in [0.1, 0.15) is 0 Å². The quantitative estimate of drug-likeness (QED) is 0.765. The Labute approximate surface area is 145 Å². The minimum atomic E-state index is 0.584. The summed E-state index contributed by atoms with van der Waals surface area (Å²) in [5, 5.41) is 4.24. The Morgan fingerprint density at radius 3 is 2.09 bits per heavy atom. The lowest BCUT2D eigenvalue weighted by Gasteiger charge is -2.26. The van der Waals surface area contributed by atoms with Crippen molar-refractivity contribution in [2.24, 2.45) is 5.92 Å². The molecule has 0 atom stereocenters. The van der Waals surface area contributed by atoms with Crippen LogP contribution in [0.2, 0.25) is 0 Å². The molecule has 0 bridgehead atoms. The van der Waals surface area contributed by atoms with Gasteiger partial charge in [0.2, 0.25) is 0 Å². The number of nitrogens with one attached hydrogen (secondary N) is 1. The molecule has 3 heteroatoms. The molecule has 0 aliphatic carbocycles. The van der Waals surface area contributed by atoms with Crippen LogP contribution >= 0.6 is 12.2 Å². The van der Waals surface area contributed by atoms with Crippen LogP contribution in [-0.2, 0) is 13.0 Å². The van der Waals surface area contributed by atoms with Gasteiger partial charge in [0.05, 0.1) is 0 Å². The zero-order valence-corrected chi connectivity index (χ0v) is 14.9. The zero-order valence-electron chi connectivity index (χ0n) is 14.0. The van der Waals surface area contributed by atoms with E-state index in [0.29, 0.717) is 5.92 Å². The molecule has 0 unspecified atom stereocenters. The van der Waals surface area contributed by atoms with E-state index in [1.807, 2.05) is 6.07 Å². The fourth-order valence-electron chi connectivity index (χ4n) is 2.37. The van der Waals surface area contributed by atoms with E-state index in [-0.39, 0.29) is 0 Å². The van der Waals surface area contributed by atoms with Gasteiger partial charge in [0.15, 0.2) is 5.11 Å². The van der Waals surface area contributed by atoms with Gasteiger partial charge in [0.25, 0.3) is 0 Å². The summed E-state index contributed by atoms with van der Waals surface area (Å²) in [6, 6.07) is 21.1. The first kappa shape index (κ1) is 17.5. The number of benzene rings is 2. The molecule has 23 heavy (non-hydrogen) atoms. The molecule has 2 aromatic rings. The van der Waals surface area contributed by atoms with Crippen molar-refractivity contribution in [3.63, 3.8) is 0 Å². The highest BCUT2D eigenvalue weighted by molar-refractivity contribution is 7.80. The van der Waals surface area contributed by atoms with Gasteiger partial charge in [-0.05, 0) is 35.7 Å². The summed E-state index contributed by atoms with van der Waals surface area (Å²) >= 11 is 5.62. The summed E-state index contributed by atoms with van der Waals surface area (Å²) in [6.07, 6.45) is 0.997. The summed E-state index contributed by atoms with van der Waals surface area (Å²) in [5.41, 5.74) is 2.63. The summed E-state index contributed by atoms with van der Waals surface area (Å²) in [5.74, 6) is 0.584. The fraction of sp³-hybridized carbons (Fsp3) is 0.350. The van der Waals surface area contributed by atoms with E-state index in [4.69, 9.17) is 12.2 Å². The maximum atomic E-state index is 5.62. The molecule has 0 heterocycles. The van der Waals surface area contributed by atoms with Crippen molar-refractivity contribution in [3.8, 4) is 0 Å². The third-order valence-electron chi connectivity index (χ3n) is 3.68. The van der Waals surface area contributed by atoms with Gasteiger partial charge in [-0.25, -0.2) is 0 Å². The average Bonchev–Trinajstić information content (AvgIpc) is 2.58. The van der Waals surface area contributed by atoms with Gasteiger partial charge >= 0.3 is 0 Å². The number of rotatable bonds is 7. The maximum absolute atomic E-state index is 5.62. The molecule has 1 N–H and O–H groups in total. The highest BCUT2D eigenvalue weighted by Gasteiger charge is 2.11. The first-order chi connectivity index (χ1) is 11.1. The standard InChI is InChI=1S/C20H26N2S/c1-17(2)15-21-20(23)22(16-19-11-7-4-8-12-19)14-13-18-9-5-3-6-10-18/h3-12,17H,13-16H2,1-2H3,(H,21,23). The summed E-state index contributed by atoms with van der Waals surface area (Å²) in [4.78, 5) is 2.26. The van der Waals surface area contributed by atoms with Crippen molar-refractivity contribution < 1.29 is 0 Å². The predicted octanol–water partition coefficient (Wildman–Crippen LogP) is 4.26. The van der Waals surface area contributed by atoms with E-state index < -0.39 is 0 Å². The number of hydrogen-bond acceptors (Lipinski definition) is 1. The van der Waals surface area contributed by atoms with E-state index in [0.717, 1.165) is 31.2 Å². The van der Waals surface area contributed by atoms with Crippen LogP contribution in [0, 0.1) is 5.92 Å². The average molecular weight is 327 g/mol. The van der Waals surface area contributed by atoms with Gasteiger partial charge in [-0.1, -0.05) is 74.5 Å². The molecule has 0 saturated carbocycles. The molecule has 0 spiro atoms. The third kappa shape index (κ3) is 6.41. The van der Waals surface area contributed by atoms with Crippen molar-refractivity contribution in [2.75, 3.05) is 13.1 Å². The van der Waals surface area contributed by atoms with Gasteiger partial charge in [-0.3, -0.25) is 0 Å². The second-order valence-corrected chi connectivity index (χ2v) is 6.61. The monoisotopic (exact) mass is 326 g/mol. The molecular formula is C20H26N2S. The van der Waals surface area contributed by atoms with Crippen LogP contribution in [0.15, 0.2) is 60.7 Å². The molecule has 2 rings (SSSR count). The Kier molecular flexibility index (Phi) is 7.08. The maximum Gasteiger partial charge on any atom is 0.169 e. The number of nitrogens with zero attached hydrogens (tertiary/aromatic N) is 1. The van der Waals surface area contributed by atoms with Gasteiger partial charge in [0, 0.05) is 19.6 Å². The van der Waals surface area contributed by atoms with Crippen molar-refractivity contribution in [2.45, 2.75) is 26.8 Å². The van der Waals surface area contributed by atoms with Crippen LogP contribution in [0.5, 0.6) is 0 Å². The first-order valence-corrected chi connectivity index (χ1v) is 8.66. The Balaban J connectivity index is 1.99. The minimum Gasteiger partial charge on any atom is -0.362 e. The Morgan fingerprint density at radius 1 is 0.957 bits per heavy atom. The molecule has 2 nitrogen and oxygen atoms in total. The molecule has 0 amide bonds. The van der Waals surface area contributed by atoms with E-state index in [9.17, 15) is 0 Å². The number of hydrogen-bond donors (Lipinski definition) is 1. The Morgan fingerprint density at radius 2 is 1.52 bits per heavy atom. The third-order valence-corrected chi connectivity index (χ3v) is 4.08. The smallest absolute Gasteiger partial charge is 0.169 e. The molecule has 2 aromatic carbocycles. The van der Waals surface area contributed by atoms with Crippen molar-refractivity contribution in [1.29, 1.82) is 0 Å². The van der Waals surface area contributed by atoms with Crippen LogP contribution < -0.4 is 5.32 Å². The molecular weight excluding hydrogens is 300 g/mol. The van der Waals surface area contributed by atoms with Gasteiger partial charge < -0.3 is 10.2 Å². The predicted molar refractivity (Wildman–Crippen MR) is 102 cm³/mol. The molecule has 122 valence electrons. The van der Waals surface area contributed by atoms with E-state index in [1.165, 1.54) is 11.1 Å². The molecule has 0 saturated heterocycles. The second kappa shape index (κ2) is 9.31. The molecule has 0 aliphatic rings. The number of thiocarbonyl (C=S) groups is 1. The highest BCUT2D eigenvalue weighted by Crippen LogP contribution is 2.08. The van der Waals surface area contributed by atoms with Crippen molar-refractivity contribution in [1.82, 2.24) is 10.2 Å². The summed E-state index contributed by atoms with van der Waals surface area (Å²) in [6.45, 7) is 7.07. The largest absolute Gasteiger partial charge is 0.362 e. The van der Waals surface area contributed by atoms with Crippen LogP contribution in [0.4, 0.5) is 0 Å². The van der Waals surface area contributed by atoms with Gasteiger partial charge in [-0.15, -0.1) is 0 Å². The SMILES string of the molecule is CC(C)CNC(=S)N(CCc1ccccc1)Cc1ccccc1. The fourth-order valence-corrected chi connectivity index (χ4v) is 2.61. The summed E-state index contributed by atoms with van der Waals surface area (Å²) < 4.78 is 0. The Hall–Kier alpha value is -1.87. The highest BCUT2D eigenvalue weighted by atomic mass is 32.1. The topological polar surface area (TPSA) is 15.3 Å². The van der Waals surface area contributed by atoms with Gasteiger partial charge in [-0.2, -0.15) is 0 Å². The van der Waals surface area contributed by atoms with E-state index in [2.05, 4.69) is 78.7 Å². The lowest BCUT2D eigenvalue weighted by Crippen LogP contribution is -2.41. The first-order valence-electron chi connectivity index (χ1n) is 8.26. The minimum absolute atomic E-state index is 0.584. The van der Waals surface area contributed by atoms with Crippen molar-refractivity contribution >= 4 is 17.3 Å². The van der Waals surface area contributed by atoms with E-state index in [1.54, 1.807) is 0 Å². The van der Waals surface area contributed by atoms with E-state index >= 15 is 0 Å². The molecule has 0 radical (unpaired) electrons. The van der Waals surface area contributed by atoms with Crippen LogP contribution in [-0.4, -0.2) is 23.1 Å². The normalized spacial score (nSPS) is 10.6.